The van der Waals surface area contributed by atoms with Crippen LogP contribution in [0.3, 0.4) is 0 Å². The third-order valence-corrected chi connectivity index (χ3v) is 2.20. The van der Waals surface area contributed by atoms with E-state index >= 15 is 0 Å². The molecule has 0 aliphatic rings. The standard InChI is InChI=1S/C12H18N/c1-3-4-10-13-11(2)12-8-6-5-7-9-12/h5-9,11H,3-4,10H2,1-2H3. The van der Waals surface area contributed by atoms with Gasteiger partial charge in [0.1, 0.15) is 0 Å². The molecule has 1 heteroatoms. The zero-order valence-electron chi connectivity index (χ0n) is 8.53. The fourth-order valence-corrected chi connectivity index (χ4v) is 1.28. The molecule has 1 atom stereocenters. The number of nitrogens with zero attached hydrogens (tertiary/aromatic N) is 1. The van der Waals surface area contributed by atoms with Gasteiger partial charge in [-0.15, -0.1) is 0 Å². The van der Waals surface area contributed by atoms with E-state index in [2.05, 4.69) is 43.4 Å². The maximum absolute atomic E-state index is 4.58. The van der Waals surface area contributed by atoms with Gasteiger partial charge < -0.3 is 0 Å². The Bertz CT molecular complexity index is 218. The quantitative estimate of drug-likeness (QED) is 0.612. The van der Waals surface area contributed by atoms with Crippen LogP contribution >= 0.6 is 0 Å². The summed E-state index contributed by atoms with van der Waals surface area (Å²) in [6, 6.07) is 10.8. The molecule has 1 aromatic rings. The Morgan fingerprint density at radius 2 is 1.92 bits per heavy atom. The fraction of sp³-hybridized carbons (Fsp3) is 0.500. The molecule has 0 amide bonds. The third kappa shape index (κ3) is 3.60. The van der Waals surface area contributed by atoms with Gasteiger partial charge in [-0.1, -0.05) is 43.7 Å². The largest absolute Gasteiger partial charge is 0.234 e. The number of hydrogen-bond donors (Lipinski definition) is 0. The Hall–Kier alpha value is -0.820. The minimum atomic E-state index is 0.354. The summed E-state index contributed by atoms with van der Waals surface area (Å²) in [5.74, 6) is 0. The van der Waals surface area contributed by atoms with Crippen LogP contribution in [0.25, 0.3) is 0 Å². The highest BCUT2D eigenvalue weighted by Crippen LogP contribution is 2.12. The van der Waals surface area contributed by atoms with Crippen molar-refractivity contribution in [3.8, 4) is 0 Å². The maximum atomic E-state index is 4.58. The van der Waals surface area contributed by atoms with Crippen molar-refractivity contribution in [2.75, 3.05) is 6.54 Å². The molecule has 1 radical (unpaired) electrons. The summed E-state index contributed by atoms with van der Waals surface area (Å²) < 4.78 is 0. The molecule has 0 aliphatic heterocycles. The van der Waals surface area contributed by atoms with Crippen molar-refractivity contribution in [3.63, 3.8) is 0 Å². The van der Waals surface area contributed by atoms with Crippen LogP contribution < -0.4 is 5.32 Å². The Morgan fingerprint density at radius 3 is 2.54 bits per heavy atom. The molecule has 1 aromatic carbocycles. The lowest BCUT2D eigenvalue weighted by molar-refractivity contribution is 0.542. The first kappa shape index (κ1) is 10.3. The molecule has 1 nitrogen and oxygen atoms in total. The zero-order chi connectivity index (χ0) is 9.52. The van der Waals surface area contributed by atoms with Gasteiger partial charge in [0.05, 0.1) is 0 Å². The summed E-state index contributed by atoms with van der Waals surface area (Å²) in [4.78, 5) is 0. The summed E-state index contributed by atoms with van der Waals surface area (Å²) in [5, 5.41) is 4.58. The molecule has 13 heavy (non-hydrogen) atoms. The minimum absolute atomic E-state index is 0.354. The van der Waals surface area contributed by atoms with Crippen LogP contribution in [0.2, 0.25) is 0 Å². The van der Waals surface area contributed by atoms with Crippen molar-refractivity contribution in [1.82, 2.24) is 5.32 Å². The Morgan fingerprint density at radius 1 is 1.23 bits per heavy atom. The maximum Gasteiger partial charge on any atom is 0.0467 e. The van der Waals surface area contributed by atoms with Crippen molar-refractivity contribution in [2.24, 2.45) is 0 Å². The summed E-state index contributed by atoms with van der Waals surface area (Å²) >= 11 is 0. The number of benzene rings is 1. The van der Waals surface area contributed by atoms with Crippen molar-refractivity contribution < 1.29 is 0 Å². The first-order chi connectivity index (χ1) is 6.34. The van der Waals surface area contributed by atoms with Crippen LogP contribution in [0, 0.1) is 0 Å². The zero-order valence-corrected chi connectivity index (χ0v) is 8.53. The van der Waals surface area contributed by atoms with Gasteiger partial charge >= 0.3 is 0 Å². The van der Waals surface area contributed by atoms with Crippen molar-refractivity contribution in [1.29, 1.82) is 0 Å². The summed E-state index contributed by atoms with van der Waals surface area (Å²) in [6.45, 7) is 5.35. The molecule has 71 valence electrons. The van der Waals surface area contributed by atoms with Crippen molar-refractivity contribution >= 4 is 0 Å². The van der Waals surface area contributed by atoms with E-state index in [4.69, 9.17) is 0 Å². The van der Waals surface area contributed by atoms with Crippen LogP contribution in [-0.2, 0) is 0 Å². The highest BCUT2D eigenvalue weighted by molar-refractivity contribution is 5.17. The van der Waals surface area contributed by atoms with E-state index < -0.39 is 0 Å². The molecule has 0 fully saturated rings. The van der Waals surface area contributed by atoms with Crippen LogP contribution in [-0.4, -0.2) is 6.54 Å². The smallest absolute Gasteiger partial charge is 0.0467 e. The van der Waals surface area contributed by atoms with Crippen molar-refractivity contribution in [3.05, 3.63) is 35.9 Å². The fourth-order valence-electron chi connectivity index (χ4n) is 1.28. The second-order valence-electron chi connectivity index (χ2n) is 3.35. The van der Waals surface area contributed by atoms with Gasteiger partial charge in [0.2, 0.25) is 0 Å². The van der Waals surface area contributed by atoms with E-state index in [1.165, 1.54) is 18.4 Å². The van der Waals surface area contributed by atoms with Crippen molar-refractivity contribution in [2.45, 2.75) is 32.7 Å². The highest BCUT2D eigenvalue weighted by atomic mass is 14.9. The molecular weight excluding hydrogens is 158 g/mol. The van der Waals surface area contributed by atoms with Crippen LogP contribution in [0.15, 0.2) is 30.3 Å². The van der Waals surface area contributed by atoms with Gasteiger partial charge in [0.25, 0.3) is 0 Å². The topological polar surface area (TPSA) is 14.1 Å². The van der Waals surface area contributed by atoms with Crippen LogP contribution in [0.5, 0.6) is 0 Å². The predicted octanol–water partition coefficient (Wildman–Crippen LogP) is 3.15. The van der Waals surface area contributed by atoms with Gasteiger partial charge in [-0.05, 0) is 18.9 Å². The average molecular weight is 176 g/mol. The molecule has 0 saturated carbocycles. The third-order valence-electron chi connectivity index (χ3n) is 2.20. The lowest BCUT2D eigenvalue weighted by Gasteiger charge is -2.11. The first-order valence-electron chi connectivity index (χ1n) is 5.06. The molecule has 0 saturated heterocycles. The molecule has 0 N–H and O–H groups in total. The molecule has 0 bridgehead atoms. The average Bonchev–Trinajstić information content (AvgIpc) is 2.19. The normalized spacial score (nSPS) is 12.8. The number of unbranched alkanes of at least 4 members (excludes halogenated alkanes) is 1. The van der Waals surface area contributed by atoms with Gasteiger partial charge in [0.15, 0.2) is 0 Å². The second kappa shape index (κ2) is 5.76. The number of rotatable bonds is 5. The SMILES string of the molecule is CCCC[N]C(C)c1ccccc1. The molecule has 1 rings (SSSR count). The van der Waals surface area contributed by atoms with E-state index in [1.54, 1.807) is 0 Å². The Balaban J connectivity index is 2.35. The summed E-state index contributed by atoms with van der Waals surface area (Å²) in [6.07, 6.45) is 2.43. The Labute approximate surface area is 81.2 Å². The molecular formula is C12H18N. The molecule has 1 unspecified atom stereocenters. The first-order valence-corrected chi connectivity index (χ1v) is 5.06. The summed E-state index contributed by atoms with van der Waals surface area (Å²) in [7, 11) is 0. The molecule has 0 heterocycles. The molecule has 0 aromatic heterocycles. The van der Waals surface area contributed by atoms with E-state index in [0.29, 0.717) is 6.04 Å². The monoisotopic (exact) mass is 176 g/mol. The van der Waals surface area contributed by atoms with E-state index in [9.17, 15) is 0 Å². The molecule has 0 aliphatic carbocycles. The lowest BCUT2D eigenvalue weighted by atomic mass is 10.1. The van der Waals surface area contributed by atoms with E-state index in [1.807, 2.05) is 6.07 Å². The van der Waals surface area contributed by atoms with Crippen LogP contribution in [0.1, 0.15) is 38.3 Å². The Kier molecular flexibility index (Phi) is 4.55. The second-order valence-corrected chi connectivity index (χ2v) is 3.35. The van der Waals surface area contributed by atoms with Gasteiger partial charge in [-0.2, -0.15) is 0 Å². The molecule has 0 spiro atoms. The van der Waals surface area contributed by atoms with E-state index in [0.717, 1.165) is 6.54 Å². The van der Waals surface area contributed by atoms with Gasteiger partial charge in [-0.25, -0.2) is 5.32 Å². The predicted molar refractivity (Wildman–Crippen MR) is 56.8 cm³/mol. The minimum Gasteiger partial charge on any atom is -0.234 e. The van der Waals surface area contributed by atoms with Gasteiger partial charge in [0, 0.05) is 12.6 Å². The summed E-state index contributed by atoms with van der Waals surface area (Å²) in [5.41, 5.74) is 1.32. The lowest BCUT2D eigenvalue weighted by Crippen LogP contribution is -2.11. The van der Waals surface area contributed by atoms with Gasteiger partial charge in [-0.3, -0.25) is 0 Å². The van der Waals surface area contributed by atoms with E-state index in [-0.39, 0.29) is 0 Å². The highest BCUT2D eigenvalue weighted by Gasteiger charge is 2.03. The number of hydrogen-bond acceptors (Lipinski definition) is 0. The van der Waals surface area contributed by atoms with Crippen LogP contribution in [0.4, 0.5) is 0 Å².